The molecule has 0 heterocycles. The van der Waals surface area contributed by atoms with Crippen molar-refractivity contribution in [3.8, 4) is 5.75 Å². The van der Waals surface area contributed by atoms with Crippen LogP contribution in [0.1, 0.15) is 11.6 Å². The Morgan fingerprint density at radius 3 is 2.00 bits per heavy atom. The second-order valence-electron chi connectivity index (χ2n) is 4.21. The molecule has 0 radical (unpaired) electrons. The van der Waals surface area contributed by atoms with Gasteiger partial charge in [0.05, 0.1) is 13.2 Å². The van der Waals surface area contributed by atoms with Gasteiger partial charge in [-0.1, -0.05) is 11.6 Å². The number of hydrogen-bond acceptors (Lipinski definition) is 2. The van der Waals surface area contributed by atoms with E-state index < -0.39 is 24.3 Å². The summed E-state index contributed by atoms with van der Waals surface area (Å²) in [5.41, 5.74) is -0.313. The third-order valence-electron chi connectivity index (χ3n) is 2.88. The van der Waals surface area contributed by atoms with E-state index in [-0.39, 0.29) is 16.3 Å². The number of ether oxygens (including phenoxy) is 1. The maximum absolute atomic E-state index is 12.8. The molecule has 0 aliphatic rings. The topological polar surface area (TPSA) is 21.3 Å². The first-order valence-corrected chi connectivity index (χ1v) is 6.04. The van der Waals surface area contributed by atoms with E-state index >= 15 is 0 Å². The van der Waals surface area contributed by atoms with Crippen LogP contribution in [0.15, 0.2) is 18.2 Å². The van der Waals surface area contributed by atoms with Crippen molar-refractivity contribution in [2.75, 3.05) is 14.2 Å². The van der Waals surface area contributed by atoms with Crippen LogP contribution in [-0.2, 0) is 0 Å². The highest BCUT2D eigenvalue weighted by Gasteiger charge is 2.60. The summed E-state index contributed by atoms with van der Waals surface area (Å²) in [7, 11) is 2.16. The Labute approximate surface area is 122 Å². The normalized spacial score (nSPS) is 14.4. The van der Waals surface area contributed by atoms with E-state index in [2.05, 4.69) is 5.32 Å². The van der Waals surface area contributed by atoms with Gasteiger partial charge in [0.15, 0.2) is 5.92 Å². The minimum absolute atomic E-state index is 0.00847. The molecule has 21 heavy (non-hydrogen) atoms. The first-order valence-electron chi connectivity index (χ1n) is 5.66. The number of alkyl halides is 6. The third kappa shape index (κ3) is 4.16. The fraction of sp³-hybridized carbons (Fsp3) is 0.500. The molecule has 2 nitrogen and oxygen atoms in total. The first kappa shape index (κ1) is 17.9. The Morgan fingerprint density at radius 1 is 1.10 bits per heavy atom. The van der Waals surface area contributed by atoms with Gasteiger partial charge in [-0.15, -0.1) is 0 Å². The lowest BCUT2D eigenvalue weighted by Gasteiger charge is -2.31. The van der Waals surface area contributed by atoms with Crippen LogP contribution in [0.2, 0.25) is 5.02 Å². The summed E-state index contributed by atoms with van der Waals surface area (Å²) >= 11 is 5.66. The van der Waals surface area contributed by atoms with Crippen LogP contribution in [0.25, 0.3) is 0 Å². The van der Waals surface area contributed by atoms with Gasteiger partial charge in [-0.3, -0.25) is 0 Å². The Kier molecular flexibility index (Phi) is 5.38. The predicted octanol–water partition coefficient (Wildman–Crippen LogP) is 4.35. The van der Waals surface area contributed by atoms with Gasteiger partial charge >= 0.3 is 12.4 Å². The Hall–Kier alpha value is -1.15. The van der Waals surface area contributed by atoms with Crippen molar-refractivity contribution in [1.82, 2.24) is 5.32 Å². The largest absolute Gasteiger partial charge is 0.496 e. The van der Waals surface area contributed by atoms with E-state index in [0.29, 0.717) is 0 Å². The maximum Gasteiger partial charge on any atom is 0.402 e. The zero-order chi connectivity index (χ0) is 16.4. The van der Waals surface area contributed by atoms with Gasteiger partial charge in [-0.2, -0.15) is 26.3 Å². The molecule has 0 saturated heterocycles. The zero-order valence-electron chi connectivity index (χ0n) is 10.9. The van der Waals surface area contributed by atoms with E-state index in [1.165, 1.54) is 12.1 Å². The van der Waals surface area contributed by atoms with E-state index in [1.54, 1.807) is 0 Å². The van der Waals surface area contributed by atoms with Crippen molar-refractivity contribution in [1.29, 1.82) is 0 Å². The molecule has 1 aromatic carbocycles. The smallest absolute Gasteiger partial charge is 0.402 e. The molecule has 0 spiro atoms. The van der Waals surface area contributed by atoms with Crippen LogP contribution in [0.4, 0.5) is 26.3 Å². The highest BCUT2D eigenvalue weighted by Crippen LogP contribution is 2.48. The highest BCUT2D eigenvalue weighted by atomic mass is 35.5. The fourth-order valence-electron chi connectivity index (χ4n) is 2.01. The van der Waals surface area contributed by atoms with Gasteiger partial charge in [-0.05, 0) is 25.2 Å². The molecule has 0 fully saturated rings. The molecule has 0 bridgehead atoms. The molecule has 120 valence electrons. The summed E-state index contributed by atoms with van der Waals surface area (Å²) in [5, 5.41) is 2.06. The van der Waals surface area contributed by atoms with Crippen LogP contribution < -0.4 is 10.1 Å². The quantitative estimate of drug-likeness (QED) is 0.826. The molecule has 0 amide bonds. The number of methoxy groups -OCH3 is 1. The van der Waals surface area contributed by atoms with Crippen molar-refractivity contribution in [2.24, 2.45) is 5.92 Å². The van der Waals surface area contributed by atoms with Gasteiger partial charge in [0, 0.05) is 10.6 Å². The maximum atomic E-state index is 12.8. The lowest BCUT2D eigenvalue weighted by molar-refractivity contribution is -0.292. The first-order chi connectivity index (χ1) is 9.52. The van der Waals surface area contributed by atoms with Crippen LogP contribution in [0.5, 0.6) is 5.75 Å². The summed E-state index contributed by atoms with van der Waals surface area (Å²) in [6.07, 6.45) is -10.9. The molecule has 0 saturated carbocycles. The van der Waals surface area contributed by atoms with Crippen molar-refractivity contribution >= 4 is 11.6 Å². The molecule has 1 rings (SSSR count). The fourth-order valence-corrected chi connectivity index (χ4v) is 2.19. The number of benzene rings is 1. The van der Waals surface area contributed by atoms with Gasteiger partial charge in [0.2, 0.25) is 0 Å². The molecule has 1 atom stereocenters. The number of rotatable bonds is 4. The SMILES string of the molecule is CNC(c1cc(Cl)ccc1OC)C(C(F)(F)F)C(F)(F)F. The molecule has 0 aromatic heterocycles. The molecule has 0 aliphatic carbocycles. The second-order valence-corrected chi connectivity index (χ2v) is 4.65. The highest BCUT2D eigenvalue weighted by molar-refractivity contribution is 6.30. The molecule has 1 N–H and O–H groups in total. The van der Waals surface area contributed by atoms with Crippen LogP contribution in [0.3, 0.4) is 0 Å². The standard InChI is InChI=1S/C12H12ClF6NO/c1-20-9(10(11(14,15)16)12(17,18)19)7-5-6(13)3-4-8(7)21-2/h3-5,9-10,20H,1-2H3. The van der Waals surface area contributed by atoms with Crippen molar-refractivity contribution < 1.29 is 31.1 Å². The second kappa shape index (κ2) is 6.31. The van der Waals surface area contributed by atoms with Crippen LogP contribution in [-0.4, -0.2) is 26.5 Å². The van der Waals surface area contributed by atoms with Gasteiger partial charge in [0.25, 0.3) is 0 Å². The molecular weight excluding hydrogens is 324 g/mol. The van der Waals surface area contributed by atoms with Crippen molar-refractivity contribution in [3.63, 3.8) is 0 Å². The molecule has 1 aromatic rings. The number of halogens is 7. The Balaban J connectivity index is 3.43. The lowest BCUT2D eigenvalue weighted by Crippen LogP contribution is -2.45. The van der Waals surface area contributed by atoms with Gasteiger partial charge < -0.3 is 10.1 Å². The minimum Gasteiger partial charge on any atom is -0.496 e. The van der Waals surface area contributed by atoms with Crippen LogP contribution >= 0.6 is 11.6 Å². The Morgan fingerprint density at radius 2 is 1.62 bits per heavy atom. The number of hydrogen-bond donors (Lipinski definition) is 1. The Bertz CT molecular complexity index is 474. The number of nitrogens with one attached hydrogen (secondary N) is 1. The average Bonchev–Trinajstić information content (AvgIpc) is 2.32. The summed E-state index contributed by atoms with van der Waals surface area (Å²) < 4.78 is 81.9. The van der Waals surface area contributed by atoms with Gasteiger partial charge in [0.1, 0.15) is 5.75 Å². The van der Waals surface area contributed by atoms with E-state index in [0.717, 1.165) is 20.2 Å². The van der Waals surface area contributed by atoms with E-state index in [1.807, 2.05) is 0 Å². The monoisotopic (exact) mass is 335 g/mol. The minimum atomic E-state index is -5.47. The molecule has 0 aliphatic heterocycles. The summed E-state index contributed by atoms with van der Waals surface area (Å²) in [6, 6.07) is 1.48. The average molecular weight is 336 g/mol. The lowest BCUT2D eigenvalue weighted by atomic mass is 9.91. The predicted molar refractivity (Wildman–Crippen MR) is 65.4 cm³/mol. The van der Waals surface area contributed by atoms with E-state index in [9.17, 15) is 26.3 Å². The van der Waals surface area contributed by atoms with Crippen molar-refractivity contribution in [2.45, 2.75) is 18.4 Å². The van der Waals surface area contributed by atoms with Crippen LogP contribution in [0, 0.1) is 5.92 Å². The summed E-state index contributed by atoms with van der Waals surface area (Å²) in [6.45, 7) is 0. The van der Waals surface area contributed by atoms with E-state index in [4.69, 9.17) is 16.3 Å². The third-order valence-corrected chi connectivity index (χ3v) is 3.11. The summed E-state index contributed by atoms with van der Waals surface area (Å²) in [4.78, 5) is 0. The van der Waals surface area contributed by atoms with Gasteiger partial charge in [-0.25, -0.2) is 0 Å². The molecular formula is C12H12ClF6NO. The molecule has 1 unspecified atom stereocenters. The van der Waals surface area contributed by atoms with Crippen molar-refractivity contribution in [3.05, 3.63) is 28.8 Å². The zero-order valence-corrected chi connectivity index (χ0v) is 11.7. The molecule has 9 heteroatoms. The summed E-state index contributed by atoms with van der Waals surface area (Å²) in [5.74, 6) is -3.69.